The van der Waals surface area contributed by atoms with Crippen LogP contribution in [0.5, 0.6) is 0 Å². The number of nitrogens with two attached hydrogens (primary N) is 1. The average molecular weight is 332 g/mol. The van der Waals surface area contributed by atoms with Crippen LogP contribution in [-0.2, 0) is 6.54 Å². The topological polar surface area (TPSA) is 97.9 Å². The number of rotatable bonds is 5. The molecule has 2 aromatic rings. The van der Waals surface area contributed by atoms with Gasteiger partial charge in [0.15, 0.2) is 5.82 Å². The van der Waals surface area contributed by atoms with Gasteiger partial charge in [0.2, 0.25) is 0 Å². The quantitative estimate of drug-likeness (QED) is 0.733. The van der Waals surface area contributed by atoms with Gasteiger partial charge in [-0.2, -0.15) is 0 Å². The van der Waals surface area contributed by atoms with Gasteiger partial charge in [0.1, 0.15) is 5.52 Å². The molecule has 7 heteroatoms. The minimum absolute atomic E-state index is 0.124. The van der Waals surface area contributed by atoms with E-state index >= 15 is 0 Å². The van der Waals surface area contributed by atoms with E-state index in [0.29, 0.717) is 12.4 Å². The number of hydrogen-bond acceptors (Lipinski definition) is 4. The van der Waals surface area contributed by atoms with Crippen LogP contribution in [0.25, 0.3) is 11.0 Å². The zero-order valence-corrected chi connectivity index (χ0v) is 15.2. The van der Waals surface area contributed by atoms with E-state index in [1.165, 1.54) is 0 Å². The summed E-state index contributed by atoms with van der Waals surface area (Å²) >= 11 is 0. The summed E-state index contributed by atoms with van der Waals surface area (Å²) in [5.41, 5.74) is 9.60. The minimum atomic E-state index is -0.219. The molecule has 4 N–H and O–H groups in total. The van der Waals surface area contributed by atoms with Crippen molar-refractivity contribution in [1.82, 2.24) is 25.2 Å². The molecule has 2 aromatic heterocycles. The highest BCUT2D eigenvalue weighted by atomic mass is 16.2. The molecule has 0 atom stereocenters. The summed E-state index contributed by atoms with van der Waals surface area (Å²) in [5.74, 6) is 0.479. The Labute approximate surface area is 143 Å². The van der Waals surface area contributed by atoms with Crippen LogP contribution in [-0.4, -0.2) is 32.6 Å². The van der Waals surface area contributed by atoms with Gasteiger partial charge in [0.05, 0.1) is 11.8 Å². The number of fused-ring (bicyclic) bond motifs is 1. The first-order valence-corrected chi connectivity index (χ1v) is 8.32. The maximum Gasteiger partial charge on any atom is 0.315 e. The molecule has 2 amide bonds. The van der Waals surface area contributed by atoms with Gasteiger partial charge in [0, 0.05) is 24.3 Å². The lowest BCUT2D eigenvalue weighted by atomic mass is 10.1. The number of hydrogen-bond donors (Lipinski definition) is 3. The van der Waals surface area contributed by atoms with Crippen molar-refractivity contribution in [2.24, 2.45) is 0 Å². The van der Waals surface area contributed by atoms with Gasteiger partial charge in [-0.05, 0) is 53.0 Å². The number of urea groups is 1. The zero-order valence-electron chi connectivity index (χ0n) is 15.2. The number of nitrogens with one attached hydrogen (secondary N) is 2. The Hall–Kier alpha value is -2.31. The number of amides is 2. The molecule has 0 fully saturated rings. The Morgan fingerprint density at radius 1 is 1.29 bits per heavy atom. The van der Waals surface area contributed by atoms with Gasteiger partial charge >= 0.3 is 6.03 Å². The number of pyridine rings is 1. The molecule has 2 rings (SSSR count). The third kappa shape index (κ3) is 4.37. The van der Waals surface area contributed by atoms with E-state index in [4.69, 9.17) is 5.73 Å². The zero-order chi connectivity index (χ0) is 17.9. The van der Waals surface area contributed by atoms with E-state index in [1.807, 2.05) is 40.9 Å². The standard InChI is InChI=1S/C17H28N6O/c1-11-12(2)21-15(18)13-14(11)23(10-20-13)9-7-6-8-19-16(24)22-17(3,4)5/h10H,6-9H2,1-5H3,(H2,18,21)(H2,19,22,24). The summed E-state index contributed by atoms with van der Waals surface area (Å²) in [6.45, 7) is 11.4. The maximum absolute atomic E-state index is 11.7. The lowest BCUT2D eigenvalue weighted by molar-refractivity contribution is 0.232. The largest absolute Gasteiger partial charge is 0.382 e. The monoisotopic (exact) mass is 332 g/mol. The molecule has 0 aliphatic carbocycles. The molecule has 0 aliphatic heterocycles. The highest BCUT2D eigenvalue weighted by molar-refractivity contribution is 5.88. The summed E-state index contributed by atoms with van der Waals surface area (Å²) in [6.07, 6.45) is 3.66. The highest BCUT2D eigenvalue weighted by Gasteiger charge is 2.13. The number of aryl methyl sites for hydroxylation is 3. The van der Waals surface area contributed by atoms with Crippen LogP contribution in [0.15, 0.2) is 6.33 Å². The van der Waals surface area contributed by atoms with Crippen molar-refractivity contribution in [3.05, 3.63) is 17.6 Å². The molecule has 0 bridgehead atoms. The molecule has 0 saturated carbocycles. The van der Waals surface area contributed by atoms with Crippen molar-refractivity contribution in [1.29, 1.82) is 0 Å². The number of aromatic nitrogens is 3. The van der Waals surface area contributed by atoms with Crippen LogP contribution in [0.2, 0.25) is 0 Å². The number of anilines is 1. The number of carbonyl (C=O) groups is 1. The fourth-order valence-corrected chi connectivity index (χ4v) is 2.62. The van der Waals surface area contributed by atoms with E-state index in [9.17, 15) is 4.79 Å². The predicted octanol–water partition coefficient (Wildman–Crippen LogP) is 2.51. The summed E-state index contributed by atoms with van der Waals surface area (Å²) < 4.78 is 2.12. The van der Waals surface area contributed by atoms with Crippen molar-refractivity contribution in [2.75, 3.05) is 12.3 Å². The van der Waals surface area contributed by atoms with Gasteiger partial charge < -0.3 is 20.9 Å². The first-order chi connectivity index (χ1) is 11.2. The molecular weight excluding hydrogens is 304 g/mol. The number of imidazole rings is 1. The molecule has 0 radical (unpaired) electrons. The van der Waals surface area contributed by atoms with Crippen LogP contribution in [0.4, 0.5) is 10.6 Å². The van der Waals surface area contributed by atoms with E-state index in [0.717, 1.165) is 41.7 Å². The molecule has 0 spiro atoms. The Bertz CT molecular complexity index is 729. The van der Waals surface area contributed by atoms with Gasteiger partial charge in [0.25, 0.3) is 0 Å². The Kier molecular flexibility index (Phi) is 5.31. The van der Waals surface area contributed by atoms with Crippen molar-refractivity contribution in [3.8, 4) is 0 Å². The second-order valence-electron chi connectivity index (χ2n) is 7.18. The van der Waals surface area contributed by atoms with Gasteiger partial charge in [-0.15, -0.1) is 0 Å². The van der Waals surface area contributed by atoms with Gasteiger partial charge in [-0.25, -0.2) is 14.8 Å². The summed E-state index contributed by atoms with van der Waals surface area (Å²) in [6, 6.07) is -0.124. The smallest absolute Gasteiger partial charge is 0.315 e. The summed E-state index contributed by atoms with van der Waals surface area (Å²) in [7, 11) is 0. The second-order valence-corrected chi connectivity index (χ2v) is 7.18. The number of carbonyl (C=O) groups excluding carboxylic acids is 1. The van der Waals surface area contributed by atoms with E-state index in [1.54, 1.807) is 0 Å². The van der Waals surface area contributed by atoms with Crippen molar-refractivity contribution >= 4 is 22.9 Å². The van der Waals surface area contributed by atoms with Crippen molar-refractivity contribution in [3.63, 3.8) is 0 Å². The third-order valence-corrected chi connectivity index (χ3v) is 3.87. The maximum atomic E-state index is 11.7. The lowest BCUT2D eigenvalue weighted by Crippen LogP contribution is -2.46. The molecule has 24 heavy (non-hydrogen) atoms. The Balaban J connectivity index is 1.88. The van der Waals surface area contributed by atoms with Crippen molar-refractivity contribution < 1.29 is 4.79 Å². The molecule has 2 heterocycles. The van der Waals surface area contributed by atoms with Crippen LogP contribution < -0.4 is 16.4 Å². The normalized spacial score (nSPS) is 11.7. The third-order valence-electron chi connectivity index (χ3n) is 3.87. The average Bonchev–Trinajstić information content (AvgIpc) is 2.87. The summed E-state index contributed by atoms with van der Waals surface area (Å²) in [5, 5.41) is 5.76. The first-order valence-electron chi connectivity index (χ1n) is 8.32. The number of unbranched alkanes of at least 4 members (excludes halogenated alkanes) is 1. The highest BCUT2D eigenvalue weighted by Crippen LogP contribution is 2.23. The molecule has 0 unspecified atom stereocenters. The van der Waals surface area contributed by atoms with Gasteiger partial charge in [-0.1, -0.05) is 0 Å². The molecule has 0 aliphatic rings. The van der Waals surface area contributed by atoms with Crippen molar-refractivity contribution in [2.45, 2.75) is 59.5 Å². The Morgan fingerprint density at radius 2 is 2.00 bits per heavy atom. The lowest BCUT2D eigenvalue weighted by Gasteiger charge is -2.20. The van der Waals surface area contributed by atoms with Crippen LogP contribution in [0, 0.1) is 13.8 Å². The van der Waals surface area contributed by atoms with E-state index in [-0.39, 0.29) is 11.6 Å². The van der Waals surface area contributed by atoms with Gasteiger partial charge in [-0.3, -0.25) is 0 Å². The van der Waals surface area contributed by atoms with Crippen LogP contribution in [0.1, 0.15) is 44.9 Å². The SMILES string of the molecule is Cc1nc(N)c2ncn(CCCCNC(=O)NC(C)(C)C)c2c1C. The second kappa shape index (κ2) is 7.07. The fraction of sp³-hybridized carbons (Fsp3) is 0.588. The molecule has 7 nitrogen and oxygen atoms in total. The molecule has 0 aromatic carbocycles. The Morgan fingerprint density at radius 3 is 2.67 bits per heavy atom. The van der Waals surface area contributed by atoms with Crippen LogP contribution >= 0.6 is 0 Å². The molecular formula is C17H28N6O. The van der Waals surface area contributed by atoms with Crippen LogP contribution in [0.3, 0.4) is 0 Å². The fourth-order valence-electron chi connectivity index (χ4n) is 2.62. The molecule has 0 saturated heterocycles. The van der Waals surface area contributed by atoms with E-state index < -0.39 is 0 Å². The number of nitrogens with zero attached hydrogens (tertiary/aromatic N) is 3. The molecule has 132 valence electrons. The predicted molar refractivity (Wildman–Crippen MR) is 96.9 cm³/mol. The first kappa shape index (κ1) is 18.0. The van der Waals surface area contributed by atoms with E-state index in [2.05, 4.69) is 25.2 Å². The minimum Gasteiger partial charge on any atom is -0.382 e. The summed E-state index contributed by atoms with van der Waals surface area (Å²) in [4.78, 5) is 20.4. The number of nitrogen functional groups attached to an aromatic ring is 1.